The minimum absolute atomic E-state index is 0. The van der Waals surface area contributed by atoms with Gasteiger partial charge in [0.25, 0.3) is 0 Å². The maximum atomic E-state index is 11.6. The average molecular weight is 1120 g/mol. The fourth-order valence-corrected chi connectivity index (χ4v) is 11.3. The molecule has 0 saturated carbocycles. The van der Waals surface area contributed by atoms with E-state index in [1.807, 2.05) is 0 Å². The normalized spacial score (nSPS) is 12.2. The third-order valence-corrected chi connectivity index (χ3v) is 16.4. The van der Waals surface area contributed by atoms with Gasteiger partial charge in [0, 0.05) is 22.3 Å². The van der Waals surface area contributed by atoms with Crippen molar-refractivity contribution in [2.24, 2.45) is 0 Å². The Morgan fingerprint density at radius 3 is 0.769 bits per heavy atom. The van der Waals surface area contributed by atoms with Crippen LogP contribution in [0, 0.1) is 13.8 Å². The van der Waals surface area contributed by atoms with Crippen LogP contribution >= 0.6 is 0 Å². The van der Waals surface area contributed by atoms with Crippen LogP contribution in [-0.2, 0) is 29.3 Å². The van der Waals surface area contributed by atoms with Crippen LogP contribution in [0.1, 0.15) is 378 Å². The molecule has 1 aliphatic heterocycles. The molecule has 2 nitrogen and oxygen atoms in total. The van der Waals surface area contributed by atoms with Crippen molar-refractivity contribution >= 4 is 11.4 Å². The Labute approximate surface area is 500 Å². The molecule has 1 heterocycles. The zero-order chi connectivity index (χ0) is 55.9. The number of benzene rings is 2. The summed E-state index contributed by atoms with van der Waals surface area (Å²) in [6.07, 6.45) is 69.8. The van der Waals surface area contributed by atoms with E-state index in [0.717, 1.165) is 80.3 Å². The van der Waals surface area contributed by atoms with Crippen molar-refractivity contribution in [3.63, 3.8) is 0 Å². The summed E-state index contributed by atoms with van der Waals surface area (Å²) in [7, 11) is 0. The summed E-state index contributed by atoms with van der Waals surface area (Å²) in [5.74, 6) is 0. The number of rotatable bonds is 51. The van der Waals surface area contributed by atoms with Crippen molar-refractivity contribution in [2.45, 2.75) is 369 Å². The first-order chi connectivity index (χ1) is 38.0. The molecule has 2 aromatic carbocycles. The Balaban J connectivity index is 0.00000120. The van der Waals surface area contributed by atoms with Crippen LogP contribution in [0.25, 0.3) is 16.9 Å². The van der Waals surface area contributed by atoms with Gasteiger partial charge in [0.1, 0.15) is 0 Å². The second kappa shape index (κ2) is 58.2. The Kier molecular flexibility index (Phi) is 56.7. The van der Waals surface area contributed by atoms with Gasteiger partial charge in [-0.3, -0.25) is 0 Å². The molecule has 2 aromatic rings. The van der Waals surface area contributed by atoms with Crippen LogP contribution in [0.15, 0.2) is 59.7 Å². The van der Waals surface area contributed by atoms with Crippen LogP contribution in [0.4, 0.5) is 0 Å². The summed E-state index contributed by atoms with van der Waals surface area (Å²) in [5, 5.41) is 0. The van der Waals surface area contributed by atoms with Gasteiger partial charge in [-0.05, 0) is 80.3 Å². The average Bonchev–Trinajstić information content (AvgIpc) is 3.72. The van der Waals surface area contributed by atoms with E-state index in [0.29, 0.717) is 0 Å². The van der Waals surface area contributed by atoms with E-state index < -0.39 is 0 Å². The van der Waals surface area contributed by atoms with Crippen molar-refractivity contribution in [1.29, 1.82) is 0 Å². The smallest absolute Gasteiger partial charge is 0.493 e. The number of nitrogens with zero attached hydrogens (tertiary/aromatic N) is 2. The molecule has 0 fully saturated rings. The van der Waals surface area contributed by atoms with Gasteiger partial charge < -0.3 is 19.4 Å². The molecule has 0 bridgehead atoms. The van der Waals surface area contributed by atoms with Gasteiger partial charge in [-0.15, -0.1) is 0 Å². The summed E-state index contributed by atoms with van der Waals surface area (Å²) in [6, 6.07) is 17.9. The quantitative estimate of drug-likeness (QED) is 0.0273. The predicted octanol–water partition coefficient (Wildman–Crippen LogP) is 26.8. The predicted molar refractivity (Wildman–Crippen MR) is 349 cm³/mol. The van der Waals surface area contributed by atoms with E-state index in [1.165, 1.54) is 297 Å². The topological polar surface area (TPSA) is 25.3 Å². The van der Waals surface area contributed by atoms with Crippen LogP contribution < -0.4 is 0 Å². The first-order valence-corrected chi connectivity index (χ1v) is 34.7. The second-order valence-corrected chi connectivity index (χ2v) is 23.9. The zero-order valence-corrected chi connectivity index (χ0v) is 54.3. The van der Waals surface area contributed by atoms with Gasteiger partial charge >= 0.3 is 16.5 Å². The summed E-state index contributed by atoms with van der Waals surface area (Å²) in [6.45, 7) is 21.4. The Morgan fingerprint density at radius 1 is 0.269 bits per heavy atom. The molecule has 0 spiro atoms. The molecule has 452 valence electrons. The SMILES string of the molecule is CCCCCCc1ccc(C2=C(CCC)C(CCCC)=C(c3ccc(CCCC)cc3)[N+]2=[N-])cc1.[CH2-]CCCCCCCCCCCCCCCCCCCC.[CH2-]CCCCCCCCCCCCCCCCCCCC.[Ni+2]. The minimum Gasteiger partial charge on any atom is -0.493 e. The van der Waals surface area contributed by atoms with Crippen LogP contribution in [0.2, 0.25) is 0 Å². The van der Waals surface area contributed by atoms with Crippen LogP contribution in [0.5, 0.6) is 0 Å². The van der Waals surface area contributed by atoms with E-state index in [2.05, 4.69) is 104 Å². The zero-order valence-electron chi connectivity index (χ0n) is 53.3. The van der Waals surface area contributed by atoms with Gasteiger partial charge in [-0.2, -0.15) is 12.8 Å². The number of aryl methyl sites for hydroxylation is 2. The molecular formula is C75H132N2Ni. The third-order valence-electron chi connectivity index (χ3n) is 16.4. The van der Waals surface area contributed by atoms with E-state index in [4.69, 9.17) is 0 Å². The molecule has 78 heavy (non-hydrogen) atoms. The molecule has 0 amide bonds. The summed E-state index contributed by atoms with van der Waals surface area (Å²) >= 11 is 0. The molecule has 3 heteroatoms. The Hall–Kier alpha value is -1.99. The molecule has 0 N–H and O–H groups in total. The largest absolute Gasteiger partial charge is 2.00 e. The first kappa shape index (κ1) is 76.0. The fourth-order valence-electron chi connectivity index (χ4n) is 11.3. The molecule has 0 aromatic heterocycles. The molecule has 0 radical (unpaired) electrons. The van der Waals surface area contributed by atoms with Gasteiger partial charge in [-0.25, -0.2) is 4.70 Å². The molecular weight excluding hydrogens is 988 g/mol. The van der Waals surface area contributed by atoms with Gasteiger partial charge in [0.15, 0.2) is 0 Å². The summed E-state index contributed by atoms with van der Waals surface area (Å²) in [5.41, 5.74) is 21.3. The second-order valence-electron chi connectivity index (χ2n) is 23.9. The Bertz CT molecular complexity index is 1560. The summed E-state index contributed by atoms with van der Waals surface area (Å²) < 4.78 is 1.51. The maximum absolute atomic E-state index is 11.6. The molecule has 0 atom stereocenters. The van der Waals surface area contributed by atoms with Crippen molar-refractivity contribution in [2.75, 3.05) is 0 Å². The van der Waals surface area contributed by atoms with Crippen LogP contribution in [-0.4, -0.2) is 4.70 Å². The third kappa shape index (κ3) is 40.2. The number of allylic oxidation sites excluding steroid dienone is 2. The molecule has 0 unspecified atom stereocenters. The van der Waals surface area contributed by atoms with Crippen LogP contribution in [0.3, 0.4) is 0 Å². The van der Waals surface area contributed by atoms with Gasteiger partial charge in [-0.1, -0.05) is 335 Å². The minimum atomic E-state index is 0. The fraction of sp³-hybridized carbons (Fsp3) is 0.760. The molecule has 0 aliphatic carbocycles. The van der Waals surface area contributed by atoms with E-state index in [9.17, 15) is 5.53 Å². The molecule has 0 saturated heterocycles. The molecule has 3 rings (SSSR count). The van der Waals surface area contributed by atoms with E-state index in [-0.39, 0.29) is 16.5 Å². The Morgan fingerprint density at radius 2 is 0.500 bits per heavy atom. The maximum Gasteiger partial charge on any atom is 2.00 e. The molecule has 1 aliphatic rings. The monoisotopic (exact) mass is 1120 g/mol. The van der Waals surface area contributed by atoms with Gasteiger partial charge in [0.05, 0.1) is 0 Å². The van der Waals surface area contributed by atoms with E-state index >= 15 is 0 Å². The standard InChI is InChI=1S/C33H46N2.2C21H43.Ni/c1-5-9-12-13-16-27-20-24-28(25-21-27)32-30(14-8-4)31(17-11-7-3)33(35(32)34)29-22-18-26(19-23-29)15-10-6-2;2*1-3-5-7-9-11-13-15-17-19-21-20-18-16-14-12-10-8-6-4-2;/h18-25H,5-17H2,1-4H3;2*1,3-21H2,2H3;/q;2*-1;+2. The van der Waals surface area contributed by atoms with Crippen molar-refractivity contribution in [1.82, 2.24) is 0 Å². The first-order valence-electron chi connectivity index (χ1n) is 34.7. The number of hydrogen-bond donors (Lipinski definition) is 0. The van der Waals surface area contributed by atoms with Crippen molar-refractivity contribution < 1.29 is 21.2 Å². The van der Waals surface area contributed by atoms with Gasteiger partial charge in [0.2, 0.25) is 11.4 Å². The van der Waals surface area contributed by atoms with E-state index in [1.54, 1.807) is 0 Å². The number of hydrogen-bond acceptors (Lipinski definition) is 0. The van der Waals surface area contributed by atoms with Crippen molar-refractivity contribution in [3.8, 4) is 0 Å². The summed E-state index contributed by atoms with van der Waals surface area (Å²) in [4.78, 5) is 0. The number of unbranched alkanes of at least 4 members (excludes halogenated alkanes) is 41. The van der Waals surface area contributed by atoms with Crippen molar-refractivity contribution in [3.05, 3.63) is 101 Å².